The molecule has 0 aromatic carbocycles. The van der Waals surface area contributed by atoms with Crippen LogP contribution in [0.5, 0.6) is 0 Å². The normalized spacial score (nSPS) is 17.9. The van der Waals surface area contributed by atoms with Crippen LogP contribution in [0.4, 0.5) is 4.79 Å². The molecule has 1 rings (SSSR count). The van der Waals surface area contributed by atoms with Crippen LogP contribution in [0.15, 0.2) is 0 Å². The van der Waals surface area contributed by atoms with Crippen molar-refractivity contribution in [2.45, 2.75) is 64.2 Å². The van der Waals surface area contributed by atoms with Crippen molar-refractivity contribution in [3.63, 3.8) is 0 Å². The summed E-state index contributed by atoms with van der Waals surface area (Å²) in [5.41, 5.74) is -0.587. The van der Waals surface area contributed by atoms with Crippen molar-refractivity contribution in [3.05, 3.63) is 0 Å². The van der Waals surface area contributed by atoms with Gasteiger partial charge >= 0.3 is 12.1 Å². The first-order chi connectivity index (χ1) is 8.81. The first kappa shape index (κ1) is 16.3. The van der Waals surface area contributed by atoms with Crippen molar-refractivity contribution >= 4 is 28.0 Å². The average Bonchev–Trinajstić information content (AvgIpc) is 2.75. The highest BCUT2D eigenvalue weighted by atomic mass is 79.9. The third-order valence-electron chi connectivity index (χ3n) is 2.71. The Morgan fingerprint density at radius 1 is 1.32 bits per heavy atom. The van der Waals surface area contributed by atoms with Crippen molar-refractivity contribution in [2.75, 3.05) is 5.33 Å². The van der Waals surface area contributed by atoms with Crippen molar-refractivity contribution < 1.29 is 19.1 Å². The van der Waals surface area contributed by atoms with Crippen LogP contribution >= 0.6 is 15.9 Å². The molecular weight excluding hydrogens is 314 g/mol. The standard InChI is InChI=1S/C13H22BrNO4/c1-13(2,3)19-12(17)15-10(8-14)11(16)18-9-6-4-5-7-9/h9-10H,4-8H2,1-3H3,(H,15,17)/t10-/m0/s1. The van der Waals surface area contributed by atoms with Crippen LogP contribution in [0.2, 0.25) is 0 Å². The summed E-state index contributed by atoms with van der Waals surface area (Å²) in [6, 6.07) is -0.713. The molecule has 0 aromatic rings. The van der Waals surface area contributed by atoms with Gasteiger partial charge in [0.25, 0.3) is 0 Å². The molecule has 1 amide bonds. The van der Waals surface area contributed by atoms with Gasteiger partial charge in [-0.05, 0) is 46.5 Å². The summed E-state index contributed by atoms with van der Waals surface area (Å²) < 4.78 is 10.5. The average molecular weight is 336 g/mol. The lowest BCUT2D eigenvalue weighted by molar-refractivity contribution is -0.150. The Balaban J connectivity index is 2.43. The number of rotatable bonds is 4. The number of carbonyl (C=O) groups is 2. The molecule has 0 spiro atoms. The van der Waals surface area contributed by atoms with Crippen LogP contribution in [0, 0.1) is 0 Å². The number of ether oxygens (including phenoxy) is 2. The Kier molecular flexibility index (Phi) is 6.10. The predicted octanol–water partition coefficient (Wildman–Crippen LogP) is 2.76. The van der Waals surface area contributed by atoms with Crippen molar-refractivity contribution in [1.82, 2.24) is 5.32 Å². The van der Waals surface area contributed by atoms with Gasteiger partial charge in [-0.3, -0.25) is 0 Å². The van der Waals surface area contributed by atoms with E-state index in [2.05, 4.69) is 21.2 Å². The fourth-order valence-electron chi connectivity index (χ4n) is 1.86. The fraction of sp³-hybridized carbons (Fsp3) is 0.846. The van der Waals surface area contributed by atoms with Gasteiger partial charge in [-0.25, -0.2) is 9.59 Å². The number of amides is 1. The molecule has 1 fully saturated rings. The Bertz CT molecular complexity index is 321. The van der Waals surface area contributed by atoms with Gasteiger partial charge in [0.15, 0.2) is 0 Å². The zero-order valence-corrected chi connectivity index (χ0v) is 13.3. The smallest absolute Gasteiger partial charge is 0.408 e. The molecule has 19 heavy (non-hydrogen) atoms. The van der Waals surface area contributed by atoms with E-state index in [9.17, 15) is 9.59 Å². The molecule has 0 radical (unpaired) electrons. The SMILES string of the molecule is CC(C)(C)OC(=O)N[C@@H](CBr)C(=O)OC1CCCC1. The minimum absolute atomic E-state index is 0.00511. The van der Waals surface area contributed by atoms with Crippen molar-refractivity contribution in [1.29, 1.82) is 0 Å². The van der Waals surface area contributed by atoms with Crippen LogP contribution in [0.1, 0.15) is 46.5 Å². The molecule has 0 heterocycles. The number of hydrogen-bond donors (Lipinski definition) is 1. The Morgan fingerprint density at radius 2 is 1.89 bits per heavy atom. The third kappa shape index (κ3) is 6.27. The second-order valence-corrected chi connectivity index (χ2v) is 6.34. The topological polar surface area (TPSA) is 64.6 Å². The van der Waals surface area contributed by atoms with E-state index in [-0.39, 0.29) is 6.10 Å². The fourth-order valence-corrected chi connectivity index (χ4v) is 2.29. The third-order valence-corrected chi connectivity index (χ3v) is 3.36. The largest absolute Gasteiger partial charge is 0.461 e. The first-order valence-corrected chi connectivity index (χ1v) is 7.70. The zero-order chi connectivity index (χ0) is 14.5. The number of esters is 1. The second kappa shape index (κ2) is 7.12. The minimum Gasteiger partial charge on any atom is -0.461 e. The molecular formula is C13H22BrNO4. The van der Waals surface area contributed by atoms with Crippen LogP contribution < -0.4 is 5.32 Å². The van der Waals surface area contributed by atoms with Crippen LogP contribution in [0.3, 0.4) is 0 Å². The molecule has 0 saturated heterocycles. The molecule has 110 valence electrons. The van der Waals surface area contributed by atoms with Gasteiger partial charge < -0.3 is 14.8 Å². The number of alkyl halides is 1. The van der Waals surface area contributed by atoms with E-state index < -0.39 is 23.7 Å². The van der Waals surface area contributed by atoms with Crippen molar-refractivity contribution in [2.24, 2.45) is 0 Å². The number of halogens is 1. The molecule has 0 unspecified atom stereocenters. The summed E-state index contributed by atoms with van der Waals surface area (Å²) >= 11 is 3.20. The molecule has 0 aromatic heterocycles. The van der Waals surface area contributed by atoms with Crippen LogP contribution in [-0.4, -0.2) is 35.1 Å². The Labute approximate surface area is 122 Å². The van der Waals surface area contributed by atoms with Gasteiger partial charge in [-0.1, -0.05) is 15.9 Å². The highest BCUT2D eigenvalue weighted by Gasteiger charge is 2.27. The van der Waals surface area contributed by atoms with E-state index in [4.69, 9.17) is 9.47 Å². The maximum absolute atomic E-state index is 11.9. The van der Waals surface area contributed by atoms with Gasteiger partial charge in [-0.15, -0.1) is 0 Å². The van der Waals surface area contributed by atoms with E-state index >= 15 is 0 Å². The lowest BCUT2D eigenvalue weighted by Gasteiger charge is -2.23. The van der Waals surface area contributed by atoms with Crippen LogP contribution in [0.25, 0.3) is 0 Å². The van der Waals surface area contributed by atoms with Crippen LogP contribution in [-0.2, 0) is 14.3 Å². The number of nitrogens with one attached hydrogen (secondary N) is 1. The molecule has 1 N–H and O–H groups in total. The second-order valence-electron chi connectivity index (χ2n) is 5.70. The van der Waals surface area contributed by atoms with Gasteiger partial charge in [0.05, 0.1) is 0 Å². The molecule has 1 aliphatic rings. The van der Waals surface area contributed by atoms with Crippen molar-refractivity contribution in [3.8, 4) is 0 Å². The predicted molar refractivity (Wildman–Crippen MR) is 75.3 cm³/mol. The molecule has 0 bridgehead atoms. The molecule has 1 aliphatic carbocycles. The summed E-state index contributed by atoms with van der Waals surface area (Å²) in [4.78, 5) is 23.5. The Hall–Kier alpha value is -0.780. The quantitative estimate of drug-likeness (QED) is 0.633. The summed E-state index contributed by atoms with van der Waals surface area (Å²) in [6.45, 7) is 5.31. The van der Waals surface area contributed by atoms with Gasteiger partial charge in [0, 0.05) is 5.33 Å². The van der Waals surface area contributed by atoms with E-state index in [1.54, 1.807) is 20.8 Å². The van der Waals surface area contributed by atoms with E-state index in [1.165, 1.54) is 0 Å². The Morgan fingerprint density at radius 3 is 2.37 bits per heavy atom. The lowest BCUT2D eigenvalue weighted by Crippen LogP contribution is -2.46. The minimum atomic E-state index is -0.713. The van der Waals surface area contributed by atoms with Gasteiger partial charge in [-0.2, -0.15) is 0 Å². The highest BCUT2D eigenvalue weighted by Crippen LogP contribution is 2.21. The van der Waals surface area contributed by atoms with Gasteiger partial charge in [0.2, 0.25) is 0 Å². The maximum atomic E-state index is 11.9. The summed E-state index contributed by atoms with van der Waals surface area (Å²) in [7, 11) is 0. The molecule has 5 nitrogen and oxygen atoms in total. The first-order valence-electron chi connectivity index (χ1n) is 6.58. The summed E-state index contributed by atoms with van der Waals surface area (Å²) in [5.74, 6) is -0.408. The molecule has 1 saturated carbocycles. The van der Waals surface area contributed by atoms with E-state index in [1.807, 2.05) is 0 Å². The van der Waals surface area contributed by atoms with E-state index in [0.29, 0.717) is 5.33 Å². The summed E-state index contributed by atoms with van der Waals surface area (Å²) in [5, 5.41) is 2.82. The molecule has 6 heteroatoms. The lowest BCUT2D eigenvalue weighted by atomic mass is 10.2. The zero-order valence-electron chi connectivity index (χ0n) is 11.7. The van der Waals surface area contributed by atoms with E-state index in [0.717, 1.165) is 25.7 Å². The maximum Gasteiger partial charge on any atom is 0.408 e. The molecule has 0 aliphatic heterocycles. The molecule has 1 atom stereocenters. The number of hydrogen-bond acceptors (Lipinski definition) is 4. The summed E-state index contributed by atoms with van der Waals surface area (Å²) in [6.07, 6.45) is 3.39. The van der Waals surface area contributed by atoms with Gasteiger partial charge in [0.1, 0.15) is 17.7 Å². The highest BCUT2D eigenvalue weighted by molar-refractivity contribution is 9.09. The number of alkyl carbamates (subject to hydrolysis) is 1. The monoisotopic (exact) mass is 335 g/mol. The number of carbonyl (C=O) groups excluding carboxylic acids is 2.